The lowest BCUT2D eigenvalue weighted by Crippen LogP contribution is -2.46. The molecule has 3 rings (SSSR count). The molecule has 0 unspecified atom stereocenters. The second kappa shape index (κ2) is 8.54. The summed E-state index contributed by atoms with van der Waals surface area (Å²) in [6.45, 7) is 8.21. The van der Waals surface area contributed by atoms with Gasteiger partial charge in [-0.25, -0.2) is 0 Å². The lowest BCUT2D eigenvalue weighted by Gasteiger charge is -2.33. The summed E-state index contributed by atoms with van der Waals surface area (Å²) in [6, 6.07) is 5.79. The van der Waals surface area contributed by atoms with Crippen molar-refractivity contribution in [3.05, 3.63) is 23.8 Å². The smallest absolute Gasteiger partial charge is 0.267 e. The zero-order valence-corrected chi connectivity index (χ0v) is 15.8. The van der Waals surface area contributed by atoms with E-state index >= 15 is 0 Å². The Morgan fingerprint density at radius 1 is 1.27 bits per heavy atom. The number of benzene rings is 1. The number of anilines is 1. The van der Waals surface area contributed by atoms with E-state index in [-0.39, 0.29) is 11.8 Å². The second-order valence-electron chi connectivity index (χ2n) is 7.22. The van der Waals surface area contributed by atoms with Gasteiger partial charge in [0.2, 0.25) is 5.91 Å². The van der Waals surface area contributed by atoms with E-state index in [0.717, 1.165) is 24.2 Å². The van der Waals surface area contributed by atoms with E-state index in [0.29, 0.717) is 25.3 Å². The van der Waals surface area contributed by atoms with Crippen molar-refractivity contribution in [2.24, 2.45) is 0 Å². The number of ether oxygens (including phenoxy) is 1. The van der Waals surface area contributed by atoms with Crippen molar-refractivity contribution in [3.63, 3.8) is 0 Å². The highest BCUT2D eigenvalue weighted by Gasteiger charge is 2.31. The number of nitrogens with zero attached hydrogens (tertiary/aromatic N) is 2. The first-order valence-electron chi connectivity index (χ1n) is 9.62. The Balaban J connectivity index is 1.48. The Morgan fingerprint density at radius 3 is 2.81 bits per heavy atom. The summed E-state index contributed by atoms with van der Waals surface area (Å²) in [5.74, 6) is 0.603. The van der Waals surface area contributed by atoms with Crippen LogP contribution in [0.15, 0.2) is 18.2 Å². The van der Waals surface area contributed by atoms with Gasteiger partial charge in [0.25, 0.3) is 5.91 Å². The zero-order chi connectivity index (χ0) is 18.5. The van der Waals surface area contributed by atoms with Crippen LogP contribution in [0.5, 0.6) is 5.75 Å². The molecule has 1 atom stereocenters. The van der Waals surface area contributed by atoms with Crippen LogP contribution in [0.4, 0.5) is 5.69 Å². The number of carbonyl (C=O) groups is 2. The fourth-order valence-corrected chi connectivity index (χ4v) is 3.59. The van der Waals surface area contributed by atoms with E-state index < -0.39 is 6.10 Å². The van der Waals surface area contributed by atoms with Crippen LogP contribution in [-0.2, 0) is 9.59 Å². The predicted molar refractivity (Wildman–Crippen MR) is 102 cm³/mol. The normalized spacial score (nSPS) is 20.0. The van der Waals surface area contributed by atoms with Gasteiger partial charge in [-0.05, 0) is 70.4 Å². The minimum atomic E-state index is -0.520. The van der Waals surface area contributed by atoms with Gasteiger partial charge in [-0.1, -0.05) is 6.07 Å². The first-order valence-corrected chi connectivity index (χ1v) is 9.62. The maximum Gasteiger partial charge on any atom is 0.267 e. The maximum absolute atomic E-state index is 12.5. The molecule has 6 nitrogen and oxygen atoms in total. The topological polar surface area (TPSA) is 61.9 Å². The molecule has 142 valence electrons. The Bertz CT molecular complexity index is 656. The Hall–Kier alpha value is -2.08. The number of fused-ring (bicyclic) bond motifs is 1. The highest BCUT2D eigenvalue weighted by Crippen LogP contribution is 2.34. The van der Waals surface area contributed by atoms with Gasteiger partial charge < -0.3 is 19.9 Å². The van der Waals surface area contributed by atoms with E-state index in [1.54, 1.807) is 11.8 Å². The molecule has 1 fully saturated rings. The molecule has 0 spiro atoms. The molecule has 2 aliphatic rings. The summed E-state index contributed by atoms with van der Waals surface area (Å²) in [5.41, 5.74) is 1.82. The molecule has 2 amide bonds. The van der Waals surface area contributed by atoms with Crippen LogP contribution in [0, 0.1) is 6.92 Å². The third-order valence-electron chi connectivity index (χ3n) is 5.06. The molecule has 6 heteroatoms. The highest BCUT2D eigenvalue weighted by molar-refractivity contribution is 6.00. The molecule has 2 aliphatic heterocycles. The molecule has 0 saturated carbocycles. The fraction of sp³-hybridized carbons (Fsp3) is 0.600. The van der Waals surface area contributed by atoms with Crippen LogP contribution in [0.25, 0.3) is 0 Å². The molecule has 0 radical (unpaired) electrons. The van der Waals surface area contributed by atoms with Crippen LogP contribution in [0.1, 0.15) is 38.2 Å². The van der Waals surface area contributed by atoms with Gasteiger partial charge in [-0.2, -0.15) is 0 Å². The highest BCUT2D eigenvalue weighted by atomic mass is 16.5. The van der Waals surface area contributed by atoms with Crippen molar-refractivity contribution in [1.29, 1.82) is 0 Å². The van der Waals surface area contributed by atoms with Crippen molar-refractivity contribution < 1.29 is 14.3 Å². The minimum absolute atomic E-state index is 0.00688. The number of rotatable bonds is 7. The number of aryl methyl sites for hydroxylation is 1. The van der Waals surface area contributed by atoms with Gasteiger partial charge in [0.05, 0.1) is 5.69 Å². The minimum Gasteiger partial charge on any atom is -0.479 e. The predicted octanol–water partition coefficient (Wildman–Crippen LogP) is 2.10. The number of carbonyl (C=O) groups excluding carboxylic acids is 2. The Kier molecular flexibility index (Phi) is 6.14. The third kappa shape index (κ3) is 4.55. The van der Waals surface area contributed by atoms with Gasteiger partial charge in [0, 0.05) is 19.5 Å². The average molecular weight is 359 g/mol. The Morgan fingerprint density at radius 2 is 2.04 bits per heavy atom. The first kappa shape index (κ1) is 18.7. The molecule has 0 aliphatic carbocycles. The standard InChI is InChI=1S/C20H29N3O3/c1-15-6-7-18-17(14-15)23(20(25)16(2)26-18)13-8-19(24)21-9-5-12-22-10-3-4-11-22/h6-7,14,16H,3-5,8-13H2,1-2H3,(H,21,24)/t16-/m0/s1. The number of nitrogens with one attached hydrogen (secondary N) is 1. The van der Waals surface area contributed by atoms with E-state index in [4.69, 9.17) is 4.74 Å². The molecule has 1 N–H and O–H groups in total. The number of hydrogen-bond acceptors (Lipinski definition) is 4. The third-order valence-corrected chi connectivity index (χ3v) is 5.06. The largest absolute Gasteiger partial charge is 0.479 e. The van der Waals surface area contributed by atoms with Gasteiger partial charge in [0.15, 0.2) is 6.10 Å². The number of amides is 2. The van der Waals surface area contributed by atoms with Crippen molar-refractivity contribution in [2.45, 2.75) is 45.6 Å². The van der Waals surface area contributed by atoms with Crippen LogP contribution in [0.2, 0.25) is 0 Å². The SMILES string of the molecule is Cc1ccc2c(c1)N(CCC(=O)NCCCN1CCCC1)C(=O)[C@H](C)O2. The average Bonchev–Trinajstić information content (AvgIpc) is 3.13. The Labute approximate surface area is 155 Å². The van der Waals surface area contributed by atoms with Crippen molar-refractivity contribution in [3.8, 4) is 5.75 Å². The molecule has 1 saturated heterocycles. The lowest BCUT2D eigenvalue weighted by molar-refractivity contribution is -0.125. The zero-order valence-electron chi connectivity index (χ0n) is 15.8. The fourth-order valence-electron chi connectivity index (χ4n) is 3.59. The summed E-state index contributed by atoms with van der Waals surface area (Å²) in [6.07, 6.45) is 3.34. The van der Waals surface area contributed by atoms with Gasteiger partial charge in [0.1, 0.15) is 5.75 Å². The van der Waals surface area contributed by atoms with E-state index in [1.165, 1.54) is 25.9 Å². The molecular formula is C20H29N3O3. The van der Waals surface area contributed by atoms with Crippen molar-refractivity contribution in [1.82, 2.24) is 10.2 Å². The van der Waals surface area contributed by atoms with Crippen LogP contribution >= 0.6 is 0 Å². The summed E-state index contributed by atoms with van der Waals surface area (Å²) >= 11 is 0. The number of hydrogen-bond donors (Lipinski definition) is 1. The lowest BCUT2D eigenvalue weighted by atomic mass is 10.1. The summed E-state index contributed by atoms with van der Waals surface area (Å²) in [7, 11) is 0. The molecule has 0 bridgehead atoms. The first-order chi connectivity index (χ1) is 12.5. The number of likely N-dealkylation sites (tertiary alicyclic amines) is 1. The van der Waals surface area contributed by atoms with Crippen molar-refractivity contribution in [2.75, 3.05) is 37.6 Å². The summed E-state index contributed by atoms with van der Waals surface area (Å²) in [5, 5.41) is 2.97. The molecule has 0 aromatic heterocycles. The van der Waals surface area contributed by atoms with E-state index in [1.807, 2.05) is 25.1 Å². The molecule has 2 heterocycles. The maximum atomic E-state index is 12.5. The van der Waals surface area contributed by atoms with Crippen molar-refractivity contribution >= 4 is 17.5 Å². The van der Waals surface area contributed by atoms with Crippen LogP contribution in [-0.4, -0.2) is 55.5 Å². The quantitative estimate of drug-likeness (QED) is 0.758. The second-order valence-corrected chi connectivity index (χ2v) is 7.22. The summed E-state index contributed by atoms with van der Waals surface area (Å²) < 4.78 is 5.67. The molecule has 1 aromatic carbocycles. The summed E-state index contributed by atoms with van der Waals surface area (Å²) in [4.78, 5) is 28.8. The molecular weight excluding hydrogens is 330 g/mol. The van der Waals surface area contributed by atoms with Crippen LogP contribution in [0.3, 0.4) is 0 Å². The van der Waals surface area contributed by atoms with Gasteiger partial charge >= 0.3 is 0 Å². The molecule has 1 aromatic rings. The van der Waals surface area contributed by atoms with Gasteiger partial charge in [-0.3, -0.25) is 9.59 Å². The van der Waals surface area contributed by atoms with Crippen LogP contribution < -0.4 is 15.0 Å². The van der Waals surface area contributed by atoms with Gasteiger partial charge in [-0.15, -0.1) is 0 Å². The molecule has 26 heavy (non-hydrogen) atoms. The van der Waals surface area contributed by atoms with E-state index in [2.05, 4.69) is 10.2 Å². The monoisotopic (exact) mass is 359 g/mol. The van der Waals surface area contributed by atoms with E-state index in [9.17, 15) is 9.59 Å².